The molecule has 2 N–H and O–H groups in total. The zero-order chi connectivity index (χ0) is 17.4. The number of nitrogens with zero attached hydrogens (tertiary/aromatic N) is 2. The maximum atomic E-state index is 13.9. The molecule has 3 heterocycles. The van der Waals surface area contributed by atoms with Gasteiger partial charge in [0.15, 0.2) is 0 Å². The number of rotatable bonds is 3. The molecule has 0 fully saturated rings. The Morgan fingerprint density at radius 2 is 2.04 bits per heavy atom. The van der Waals surface area contributed by atoms with Crippen LogP contribution >= 0.6 is 0 Å². The van der Waals surface area contributed by atoms with E-state index in [0.29, 0.717) is 35.7 Å². The Balaban J connectivity index is 1.89. The molecule has 1 aliphatic rings. The maximum absolute atomic E-state index is 13.9. The van der Waals surface area contributed by atoms with Crippen molar-refractivity contribution < 1.29 is 9.18 Å². The van der Waals surface area contributed by atoms with Crippen LogP contribution in [0.3, 0.4) is 0 Å². The molecule has 6 heteroatoms. The Kier molecular flexibility index (Phi) is 3.72. The summed E-state index contributed by atoms with van der Waals surface area (Å²) < 4.78 is 15.9. The molecule has 0 bridgehead atoms. The Bertz CT molecular complexity index is 950. The van der Waals surface area contributed by atoms with Crippen molar-refractivity contribution in [3.8, 4) is 11.1 Å². The average Bonchev–Trinajstić information content (AvgIpc) is 2.99. The van der Waals surface area contributed by atoms with Crippen LogP contribution in [0, 0.1) is 12.7 Å². The number of nitrogens with one attached hydrogen (secondary N) is 2. The van der Waals surface area contributed by atoms with Crippen molar-refractivity contribution in [2.45, 2.75) is 13.5 Å². The molecule has 2 aromatic heterocycles. The second kappa shape index (κ2) is 6.05. The molecule has 0 spiro atoms. The minimum absolute atomic E-state index is 0.136. The van der Waals surface area contributed by atoms with Crippen molar-refractivity contribution in [1.82, 2.24) is 14.9 Å². The Labute approximate surface area is 144 Å². The molecule has 0 saturated heterocycles. The van der Waals surface area contributed by atoms with E-state index in [9.17, 15) is 9.18 Å². The van der Waals surface area contributed by atoms with Gasteiger partial charge in [0.25, 0.3) is 5.91 Å². The maximum Gasteiger partial charge on any atom is 0.270 e. The van der Waals surface area contributed by atoms with Crippen LogP contribution in [0.1, 0.15) is 16.1 Å². The molecular formula is C19H17FN4O. The molecule has 0 saturated carbocycles. The number of carbonyl (C=O) groups excluding carboxylic acids is 1. The number of benzene rings is 1. The van der Waals surface area contributed by atoms with E-state index in [1.54, 1.807) is 31.5 Å². The number of amides is 1. The fourth-order valence-electron chi connectivity index (χ4n) is 3.10. The third kappa shape index (κ3) is 2.65. The molecule has 0 radical (unpaired) electrons. The smallest absolute Gasteiger partial charge is 0.270 e. The summed E-state index contributed by atoms with van der Waals surface area (Å²) in [5.74, 6) is -0.420. The van der Waals surface area contributed by atoms with Gasteiger partial charge in [-0.2, -0.15) is 0 Å². The summed E-state index contributed by atoms with van der Waals surface area (Å²) in [6, 6.07) is 8.66. The summed E-state index contributed by atoms with van der Waals surface area (Å²) in [6.07, 6.45) is 5.38. The average molecular weight is 336 g/mol. The topological polar surface area (TPSA) is 59.0 Å². The Hall–Kier alpha value is -3.15. The Morgan fingerprint density at radius 1 is 1.24 bits per heavy atom. The summed E-state index contributed by atoms with van der Waals surface area (Å²) >= 11 is 0. The van der Waals surface area contributed by atoms with E-state index in [1.807, 2.05) is 22.9 Å². The van der Waals surface area contributed by atoms with Gasteiger partial charge in [-0.15, -0.1) is 0 Å². The zero-order valence-electron chi connectivity index (χ0n) is 13.7. The van der Waals surface area contributed by atoms with Gasteiger partial charge in [-0.1, -0.05) is 6.07 Å². The molecule has 0 unspecified atom stereocenters. The Morgan fingerprint density at radius 3 is 2.84 bits per heavy atom. The van der Waals surface area contributed by atoms with Crippen LogP contribution in [0.4, 0.5) is 15.8 Å². The quantitative estimate of drug-likeness (QED) is 0.770. The summed E-state index contributed by atoms with van der Waals surface area (Å²) in [6.45, 7) is 3.00. The molecule has 4 rings (SSSR count). The van der Waals surface area contributed by atoms with Crippen LogP contribution in [0.15, 0.2) is 48.9 Å². The summed E-state index contributed by atoms with van der Waals surface area (Å²) in [7, 11) is 0. The van der Waals surface area contributed by atoms with Gasteiger partial charge >= 0.3 is 0 Å². The number of fused-ring (bicyclic) bond motifs is 1. The van der Waals surface area contributed by atoms with Crippen molar-refractivity contribution in [3.63, 3.8) is 0 Å². The van der Waals surface area contributed by atoms with Gasteiger partial charge in [0.1, 0.15) is 11.5 Å². The molecule has 5 nitrogen and oxygen atoms in total. The monoisotopic (exact) mass is 336 g/mol. The van der Waals surface area contributed by atoms with Gasteiger partial charge in [0.2, 0.25) is 0 Å². The normalized spacial score (nSPS) is 13.3. The van der Waals surface area contributed by atoms with Crippen molar-refractivity contribution in [1.29, 1.82) is 0 Å². The lowest BCUT2D eigenvalue weighted by Gasteiger charge is -2.18. The van der Waals surface area contributed by atoms with E-state index in [4.69, 9.17) is 0 Å². The number of anilines is 2. The highest BCUT2D eigenvalue weighted by molar-refractivity contribution is 6.04. The van der Waals surface area contributed by atoms with E-state index in [0.717, 1.165) is 11.1 Å². The number of hydrogen-bond acceptors (Lipinski definition) is 3. The second-order valence-corrected chi connectivity index (χ2v) is 5.99. The van der Waals surface area contributed by atoms with Gasteiger partial charge in [0.05, 0.1) is 5.69 Å². The summed E-state index contributed by atoms with van der Waals surface area (Å²) in [4.78, 5) is 16.5. The molecule has 3 aromatic rings. The first-order valence-corrected chi connectivity index (χ1v) is 8.09. The van der Waals surface area contributed by atoms with Crippen LogP contribution in [0.25, 0.3) is 11.1 Å². The van der Waals surface area contributed by atoms with Gasteiger partial charge < -0.3 is 15.2 Å². The van der Waals surface area contributed by atoms with Crippen molar-refractivity contribution >= 4 is 17.3 Å². The van der Waals surface area contributed by atoms with Crippen LogP contribution in [0.5, 0.6) is 0 Å². The van der Waals surface area contributed by atoms with Crippen molar-refractivity contribution in [2.75, 3.05) is 11.9 Å². The number of halogens is 1. The molecule has 25 heavy (non-hydrogen) atoms. The van der Waals surface area contributed by atoms with Gasteiger partial charge in [-0.05, 0) is 36.8 Å². The molecule has 0 atom stereocenters. The molecule has 1 amide bonds. The number of carbonyl (C=O) groups is 1. The highest BCUT2D eigenvalue weighted by atomic mass is 19.1. The van der Waals surface area contributed by atoms with Crippen LogP contribution in [0.2, 0.25) is 0 Å². The van der Waals surface area contributed by atoms with E-state index in [-0.39, 0.29) is 11.7 Å². The van der Waals surface area contributed by atoms with E-state index in [2.05, 4.69) is 15.6 Å². The summed E-state index contributed by atoms with van der Waals surface area (Å²) in [5.41, 5.74) is 4.22. The number of pyridine rings is 1. The predicted octanol–water partition coefficient (Wildman–Crippen LogP) is 3.48. The van der Waals surface area contributed by atoms with Gasteiger partial charge in [0, 0.05) is 48.5 Å². The minimum atomic E-state index is -0.284. The highest BCUT2D eigenvalue weighted by Crippen LogP contribution is 2.36. The fraction of sp³-hybridized carbons (Fsp3) is 0.158. The highest BCUT2D eigenvalue weighted by Gasteiger charge is 2.26. The van der Waals surface area contributed by atoms with Crippen LogP contribution in [-0.4, -0.2) is 22.0 Å². The SMILES string of the molecule is Cc1c(F)cccc1Nc1c(-c2ccncc2)cn2c1C(=O)NCC2. The van der Waals surface area contributed by atoms with E-state index >= 15 is 0 Å². The molecule has 126 valence electrons. The minimum Gasteiger partial charge on any atom is -0.353 e. The van der Waals surface area contributed by atoms with Crippen LogP contribution < -0.4 is 10.6 Å². The molecule has 1 aromatic carbocycles. The van der Waals surface area contributed by atoms with Crippen LogP contribution in [-0.2, 0) is 6.54 Å². The zero-order valence-corrected chi connectivity index (χ0v) is 13.7. The third-order valence-corrected chi connectivity index (χ3v) is 4.45. The summed E-state index contributed by atoms with van der Waals surface area (Å²) in [5, 5.41) is 6.15. The van der Waals surface area contributed by atoms with E-state index in [1.165, 1.54) is 6.07 Å². The lowest BCUT2D eigenvalue weighted by Crippen LogP contribution is -2.35. The van der Waals surface area contributed by atoms with Gasteiger partial charge in [-0.25, -0.2) is 4.39 Å². The second-order valence-electron chi connectivity index (χ2n) is 5.99. The lowest BCUT2D eigenvalue weighted by atomic mass is 10.1. The number of hydrogen-bond donors (Lipinski definition) is 2. The largest absolute Gasteiger partial charge is 0.353 e. The molecule has 0 aliphatic carbocycles. The number of aromatic nitrogens is 2. The first-order chi connectivity index (χ1) is 12.1. The molecule has 1 aliphatic heterocycles. The first-order valence-electron chi connectivity index (χ1n) is 8.09. The van der Waals surface area contributed by atoms with Crippen molar-refractivity contribution in [2.24, 2.45) is 0 Å². The van der Waals surface area contributed by atoms with Gasteiger partial charge in [-0.3, -0.25) is 9.78 Å². The fourth-order valence-corrected chi connectivity index (χ4v) is 3.10. The van der Waals surface area contributed by atoms with E-state index < -0.39 is 0 Å². The van der Waals surface area contributed by atoms with Crippen molar-refractivity contribution in [3.05, 3.63) is 66.0 Å². The lowest BCUT2D eigenvalue weighted by molar-refractivity contribution is 0.0929. The molecular weight excluding hydrogens is 319 g/mol. The first kappa shape index (κ1) is 15.4. The third-order valence-electron chi connectivity index (χ3n) is 4.45. The predicted molar refractivity (Wildman–Crippen MR) is 94.4 cm³/mol. The standard InChI is InChI=1S/C19H17FN4O/c1-12-15(20)3-2-4-16(12)23-17-14(13-5-7-21-8-6-13)11-24-10-9-22-19(25)18(17)24/h2-8,11,23H,9-10H2,1H3,(H,22,25).